The number of aliphatic hydroxyl groups excluding tert-OH is 2. The lowest BCUT2D eigenvalue weighted by molar-refractivity contribution is -0.203. The summed E-state index contributed by atoms with van der Waals surface area (Å²) in [5, 5.41) is 56.9. The number of benzene rings is 2. The van der Waals surface area contributed by atoms with E-state index >= 15 is 0 Å². The van der Waals surface area contributed by atoms with Crippen LogP contribution in [0.5, 0.6) is 5.75 Å². The number of ketones is 1. The van der Waals surface area contributed by atoms with Crippen LogP contribution in [0, 0.1) is 17.8 Å². The van der Waals surface area contributed by atoms with Gasteiger partial charge in [0.2, 0.25) is 5.79 Å². The van der Waals surface area contributed by atoms with E-state index in [0.717, 1.165) is 18.7 Å². The summed E-state index contributed by atoms with van der Waals surface area (Å²) in [5.41, 5.74) is 9.41. The van der Waals surface area contributed by atoms with Gasteiger partial charge in [0.25, 0.3) is 5.91 Å². The van der Waals surface area contributed by atoms with Gasteiger partial charge in [0.05, 0.1) is 17.5 Å². The Labute approximate surface area is 256 Å². The molecule has 11 heteroatoms. The number of fused-ring (bicyclic) bond motifs is 4. The Balaban J connectivity index is 1.45. The van der Waals surface area contributed by atoms with Crippen molar-refractivity contribution in [3.8, 4) is 5.75 Å². The minimum atomic E-state index is -3.05. The first-order valence-corrected chi connectivity index (χ1v) is 14.9. The lowest BCUT2D eigenvalue weighted by atomic mass is 9.58. The first-order chi connectivity index (χ1) is 20.7. The third-order valence-electron chi connectivity index (χ3n) is 9.98. The minimum absolute atomic E-state index is 0.0157. The zero-order valence-corrected chi connectivity index (χ0v) is 25.4. The van der Waals surface area contributed by atoms with Crippen molar-refractivity contribution in [2.45, 2.75) is 44.2 Å². The molecule has 3 unspecified atom stereocenters. The predicted octanol–water partition coefficient (Wildman–Crippen LogP) is 1.59. The zero-order chi connectivity index (χ0) is 31.8. The van der Waals surface area contributed by atoms with Crippen molar-refractivity contribution >= 4 is 23.1 Å². The van der Waals surface area contributed by atoms with Crippen molar-refractivity contribution in [1.82, 2.24) is 9.80 Å². The molecule has 1 amide bonds. The standard InChI is InChI=1S/C33H40N4O7/c1-35(2)22-13-19(15-37-10-9-16-7-5-6-8-17(16)14-37)28(38)24-20(22)11-18-12-21-25(30(40)23(18)29(24)39)33(43,44)26(32(34)42)31(41)27(21)36(3)4/h5-8,13,18,21,25,27,38-39,41,43-44H,9-12,14-15H2,1-4H3,(H2,34,42)/t18?,21?,25?,27-/m0/s1. The normalized spacial score (nSPS) is 26.2. The molecule has 4 atom stereocenters. The van der Waals surface area contributed by atoms with Crippen LogP contribution >= 0.6 is 0 Å². The van der Waals surface area contributed by atoms with Gasteiger partial charge in [-0.15, -0.1) is 0 Å². The van der Waals surface area contributed by atoms with Crippen molar-refractivity contribution in [3.63, 3.8) is 0 Å². The average Bonchev–Trinajstić information content (AvgIpc) is 2.93. The third-order valence-corrected chi connectivity index (χ3v) is 9.98. The second-order valence-electron chi connectivity index (χ2n) is 13.0. The molecule has 2 aromatic rings. The van der Waals surface area contributed by atoms with E-state index in [1.165, 1.54) is 11.1 Å². The lowest BCUT2D eigenvalue weighted by Gasteiger charge is -2.51. The van der Waals surface area contributed by atoms with Crippen LogP contribution < -0.4 is 10.6 Å². The average molecular weight is 605 g/mol. The summed E-state index contributed by atoms with van der Waals surface area (Å²) >= 11 is 0. The molecule has 4 aliphatic rings. The van der Waals surface area contributed by atoms with Gasteiger partial charge < -0.3 is 36.2 Å². The van der Waals surface area contributed by atoms with E-state index in [2.05, 4.69) is 17.0 Å². The molecule has 0 aromatic heterocycles. The molecular formula is C33H40N4O7. The van der Waals surface area contributed by atoms with Crippen molar-refractivity contribution < 1.29 is 35.1 Å². The first kappa shape index (κ1) is 30.1. The molecule has 0 radical (unpaired) electrons. The Morgan fingerprint density at radius 1 is 1.09 bits per heavy atom. The van der Waals surface area contributed by atoms with Crippen molar-refractivity contribution in [2.24, 2.45) is 23.5 Å². The number of carbonyl (C=O) groups excluding carboxylic acids is 2. The number of Topliss-reactive ketones (excluding diaryl/α,β-unsaturated/α-hetero) is 1. The monoisotopic (exact) mass is 604 g/mol. The van der Waals surface area contributed by atoms with Gasteiger partial charge in [-0.3, -0.25) is 19.4 Å². The molecular weight excluding hydrogens is 564 g/mol. The van der Waals surface area contributed by atoms with E-state index in [1.54, 1.807) is 19.0 Å². The number of phenols is 1. The van der Waals surface area contributed by atoms with Crippen molar-refractivity contribution in [2.75, 3.05) is 39.6 Å². The fourth-order valence-electron chi connectivity index (χ4n) is 8.11. The fourth-order valence-corrected chi connectivity index (χ4v) is 8.11. The van der Waals surface area contributed by atoms with E-state index in [9.17, 15) is 35.1 Å². The second-order valence-corrected chi connectivity index (χ2v) is 13.0. The van der Waals surface area contributed by atoms with Crippen LogP contribution in [-0.2, 0) is 35.5 Å². The maximum Gasteiger partial charge on any atom is 0.253 e. The highest BCUT2D eigenvalue weighted by molar-refractivity contribution is 6.08. The summed E-state index contributed by atoms with van der Waals surface area (Å²) in [6, 6.07) is 9.32. The van der Waals surface area contributed by atoms with Gasteiger partial charge in [0.15, 0.2) is 5.78 Å². The molecule has 2 aromatic carbocycles. The second kappa shape index (κ2) is 10.6. The molecule has 0 bridgehead atoms. The highest BCUT2D eigenvalue weighted by Gasteiger charge is 2.62. The van der Waals surface area contributed by atoms with E-state index in [0.29, 0.717) is 30.6 Å². The number of nitrogens with zero attached hydrogens (tertiary/aromatic N) is 3. The number of hydrogen-bond donors (Lipinski definition) is 6. The van der Waals surface area contributed by atoms with Gasteiger partial charge in [-0.25, -0.2) is 0 Å². The molecule has 1 aliphatic heterocycles. The van der Waals surface area contributed by atoms with Crippen LogP contribution in [0.15, 0.2) is 47.2 Å². The molecule has 11 nitrogen and oxygen atoms in total. The number of anilines is 1. The number of primary amides is 1. The SMILES string of the molecule is CN(C)c1cc(CN2CCc3ccccc3C2)c(O)c2c1CC1CC3C(C(=O)C1=C2O)C(O)(O)C(C(N)=O)=C(O)[C@H]3N(C)C. The number of allylic oxidation sites excluding steroid dienone is 1. The van der Waals surface area contributed by atoms with Crippen LogP contribution in [0.3, 0.4) is 0 Å². The van der Waals surface area contributed by atoms with Crippen LogP contribution in [-0.4, -0.2) is 93.6 Å². The van der Waals surface area contributed by atoms with E-state index in [4.69, 9.17) is 5.73 Å². The lowest BCUT2D eigenvalue weighted by Crippen LogP contribution is -2.62. The molecule has 44 heavy (non-hydrogen) atoms. The molecule has 1 heterocycles. The molecule has 6 rings (SSSR count). The Morgan fingerprint density at radius 3 is 2.41 bits per heavy atom. The summed E-state index contributed by atoms with van der Waals surface area (Å²) in [6.07, 6.45) is 1.39. The number of likely N-dealkylation sites (N-methyl/N-ethyl adjacent to an activating group) is 1. The number of aliphatic hydroxyl groups is 4. The van der Waals surface area contributed by atoms with E-state index in [-0.39, 0.29) is 23.3 Å². The maximum absolute atomic E-state index is 14.2. The summed E-state index contributed by atoms with van der Waals surface area (Å²) < 4.78 is 0. The minimum Gasteiger partial charge on any atom is -0.510 e. The molecule has 0 spiro atoms. The topological polar surface area (TPSA) is 171 Å². The predicted molar refractivity (Wildman–Crippen MR) is 164 cm³/mol. The number of hydrogen-bond acceptors (Lipinski definition) is 10. The van der Waals surface area contributed by atoms with Gasteiger partial charge in [0, 0.05) is 50.6 Å². The van der Waals surface area contributed by atoms with Crippen LogP contribution in [0.4, 0.5) is 5.69 Å². The fraction of sp³-hybridized carbons (Fsp3) is 0.455. The maximum atomic E-state index is 14.2. The summed E-state index contributed by atoms with van der Waals surface area (Å²) in [7, 11) is 7.09. The highest BCUT2D eigenvalue weighted by atomic mass is 16.5. The van der Waals surface area contributed by atoms with Crippen LogP contribution in [0.2, 0.25) is 0 Å². The molecule has 3 aliphatic carbocycles. The highest BCUT2D eigenvalue weighted by Crippen LogP contribution is 2.54. The Hall–Kier alpha value is -3.90. The number of carbonyl (C=O) groups is 2. The van der Waals surface area contributed by atoms with Crippen molar-refractivity contribution in [1.29, 1.82) is 0 Å². The quantitative estimate of drug-likeness (QED) is 0.276. The Morgan fingerprint density at radius 2 is 1.77 bits per heavy atom. The Kier molecular flexibility index (Phi) is 7.28. The zero-order valence-electron chi connectivity index (χ0n) is 25.4. The first-order valence-electron chi connectivity index (χ1n) is 14.9. The third kappa shape index (κ3) is 4.49. The Bertz CT molecular complexity index is 1630. The molecule has 7 N–H and O–H groups in total. The molecule has 1 saturated carbocycles. The summed E-state index contributed by atoms with van der Waals surface area (Å²) in [6.45, 7) is 1.93. The number of amides is 1. The summed E-state index contributed by atoms with van der Waals surface area (Å²) in [5.74, 6) is -9.04. The van der Waals surface area contributed by atoms with E-state index in [1.807, 2.05) is 37.2 Å². The summed E-state index contributed by atoms with van der Waals surface area (Å²) in [4.78, 5) is 32.3. The molecule has 234 valence electrons. The van der Waals surface area contributed by atoms with E-state index < -0.39 is 58.4 Å². The number of phenolic OH excluding ortho intramolecular Hbond substituents is 1. The van der Waals surface area contributed by atoms with Gasteiger partial charge in [-0.1, -0.05) is 24.3 Å². The van der Waals surface area contributed by atoms with Crippen LogP contribution in [0.1, 0.15) is 34.2 Å². The van der Waals surface area contributed by atoms with Gasteiger partial charge >= 0.3 is 0 Å². The van der Waals surface area contributed by atoms with Gasteiger partial charge in [-0.2, -0.15) is 0 Å². The van der Waals surface area contributed by atoms with Gasteiger partial charge in [0.1, 0.15) is 22.8 Å². The van der Waals surface area contributed by atoms with Crippen LogP contribution in [0.25, 0.3) is 5.76 Å². The largest absolute Gasteiger partial charge is 0.510 e. The molecule has 0 saturated heterocycles. The number of aromatic hydroxyl groups is 1. The molecule has 1 fully saturated rings. The number of nitrogens with two attached hydrogens (primary N) is 1. The van der Waals surface area contributed by atoms with Crippen molar-refractivity contribution in [3.05, 3.63) is 75.1 Å². The smallest absolute Gasteiger partial charge is 0.253 e. The van der Waals surface area contributed by atoms with Gasteiger partial charge in [-0.05, 0) is 68.0 Å². The number of rotatable bonds is 5.